The lowest BCUT2D eigenvalue weighted by Crippen LogP contribution is -2.46. The molecule has 0 atom stereocenters. The molecule has 0 bridgehead atoms. The van der Waals surface area contributed by atoms with Crippen LogP contribution in [0.4, 0.5) is 10.2 Å². The summed E-state index contributed by atoms with van der Waals surface area (Å²) in [5.74, 6) is 0.918. The predicted molar refractivity (Wildman–Crippen MR) is 97.8 cm³/mol. The second kappa shape index (κ2) is 7.21. The summed E-state index contributed by atoms with van der Waals surface area (Å²) in [6.07, 6.45) is 5.12. The first kappa shape index (κ1) is 16.7. The molecule has 0 amide bonds. The predicted octanol–water partition coefficient (Wildman–Crippen LogP) is 2.49. The SMILES string of the molecule is COc1ccc(CN2CCN(c3ncnc4cnccc34)CC2)cc1F. The van der Waals surface area contributed by atoms with Gasteiger partial charge in [0.1, 0.15) is 12.1 Å². The number of nitrogens with zero attached hydrogens (tertiary/aromatic N) is 5. The number of pyridine rings is 1. The minimum absolute atomic E-state index is 0.281. The zero-order valence-corrected chi connectivity index (χ0v) is 14.6. The van der Waals surface area contributed by atoms with Gasteiger partial charge in [0.2, 0.25) is 0 Å². The molecule has 6 nitrogen and oxygen atoms in total. The summed E-state index contributed by atoms with van der Waals surface area (Å²) < 4.78 is 18.8. The van der Waals surface area contributed by atoms with Crippen LogP contribution < -0.4 is 9.64 Å². The van der Waals surface area contributed by atoms with Crippen LogP contribution in [0, 0.1) is 5.82 Å². The summed E-state index contributed by atoms with van der Waals surface area (Å²) in [6, 6.07) is 7.11. The molecule has 0 aliphatic carbocycles. The maximum atomic E-state index is 13.9. The fourth-order valence-corrected chi connectivity index (χ4v) is 3.33. The lowest BCUT2D eigenvalue weighted by molar-refractivity contribution is 0.249. The number of halogens is 1. The Hall–Kier alpha value is -2.80. The second-order valence-electron chi connectivity index (χ2n) is 6.32. The van der Waals surface area contributed by atoms with E-state index in [4.69, 9.17) is 4.74 Å². The number of hydrogen-bond acceptors (Lipinski definition) is 6. The van der Waals surface area contributed by atoms with E-state index in [-0.39, 0.29) is 11.6 Å². The fraction of sp³-hybridized carbons (Fsp3) is 0.316. The van der Waals surface area contributed by atoms with Crippen LogP contribution in [0.3, 0.4) is 0 Å². The van der Waals surface area contributed by atoms with Crippen LogP contribution in [-0.2, 0) is 6.54 Å². The standard InChI is InChI=1S/C19H20FN5O/c1-26-18-3-2-14(10-16(18)20)12-24-6-8-25(9-7-24)19-15-4-5-21-11-17(15)22-13-23-19/h2-5,10-11,13H,6-9,12H2,1H3. The van der Waals surface area contributed by atoms with Crippen LogP contribution in [0.5, 0.6) is 5.75 Å². The molecular weight excluding hydrogens is 333 g/mol. The van der Waals surface area contributed by atoms with Gasteiger partial charge in [-0.1, -0.05) is 6.07 Å². The number of anilines is 1. The Kier molecular flexibility index (Phi) is 4.62. The first-order valence-corrected chi connectivity index (χ1v) is 8.59. The van der Waals surface area contributed by atoms with Crippen molar-refractivity contribution in [3.8, 4) is 5.75 Å². The number of fused-ring (bicyclic) bond motifs is 1. The average molecular weight is 353 g/mol. The van der Waals surface area contributed by atoms with E-state index in [0.29, 0.717) is 0 Å². The normalized spacial score (nSPS) is 15.4. The Bertz CT molecular complexity index is 906. The van der Waals surface area contributed by atoms with Gasteiger partial charge in [0.25, 0.3) is 0 Å². The average Bonchev–Trinajstić information content (AvgIpc) is 2.68. The quantitative estimate of drug-likeness (QED) is 0.718. The number of rotatable bonds is 4. The van der Waals surface area contributed by atoms with Crippen molar-refractivity contribution in [2.24, 2.45) is 0 Å². The van der Waals surface area contributed by atoms with Gasteiger partial charge in [-0.3, -0.25) is 9.88 Å². The molecule has 2 aromatic heterocycles. The minimum Gasteiger partial charge on any atom is -0.494 e. The summed E-state index contributed by atoms with van der Waals surface area (Å²) in [5, 5.41) is 1.02. The Morgan fingerprint density at radius 1 is 1.12 bits per heavy atom. The maximum Gasteiger partial charge on any atom is 0.165 e. The number of piperazine rings is 1. The Labute approximate surface area is 151 Å². The first-order chi connectivity index (χ1) is 12.7. The smallest absolute Gasteiger partial charge is 0.165 e. The largest absolute Gasteiger partial charge is 0.494 e. The van der Waals surface area contributed by atoms with Crippen molar-refractivity contribution in [3.63, 3.8) is 0 Å². The molecule has 3 heterocycles. The molecule has 1 aliphatic rings. The van der Waals surface area contributed by atoms with E-state index in [9.17, 15) is 4.39 Å². The zero-order valence-electron chi connectivity index (χ0n) is 14.6. The molecular formula is C19H20FN5O. The van der Waals surface area contributed by atoms with Crippen LogP contribution >= 0.6 is 0 Å². The van der Waals surface area contributed by atoms with Crippen molar-refractivity contribution in [2.75, 3.05) is 38.2 Å². The van der Waals surface area contributed by atoms with Crippen molar-refractivity contribution in [3.05, 3.63) is 54.4 Å². The zero-order chi connectivity index (χ0) is 17.9. The van der Waals surface area contributed by atoms with Gasteiger partial charge in [-0.25, -0.2) is 14.4 Å². The van der Waals surface area contributed by atoms with Gasteiger partial charge in [-0.15, -0.1) is 0 Å². The molecule has 0 spiro atoms. The molecule has 0 unspecified atom stereocenters. The molecule has 1 fully saturated rings. The minimum atomic E-state index is -0.315. The van der Waals surface area contributed by atoms with E-state index in [1.54, 1.807) is 30.9 Å². The van der Waals surface area contributed by atoms with Crippen LogP contribution in [0.25, 0.3) is 10.9 Å². The maximum absolute atomic E-state index is 13.9. The Morgan fingerprint density at radius 3 is 2.73 bits per heavy atom. The molecule has 0 N–H and O–H groups in total. The van der Waals surface area contributed by atoms with E-state index in [2.05, 4.69) is 24.8 Å². The van der Waals surface area contributed by atoms with Crippen molar-refractivity contribution in [1.82, 2.24) is 19.9 Å². The van der Waals surface area contributed by atoms with Crippen LogP contribution in [0.1, 0.15) is 5.56 Å². The van der Waals surface area contributed by atoms with Crippen LogP contribution in [-0.4, -0.2) is 53.1 Å². The molecule has 1 aliphatic heterocycles. The first-order valence-electron chi connectivity index (χ1n) is 8.59. The van der Waals surface area contributed by atoms with Gasteiger partial charge in [0, 0.05) is 44.3 Å². The number of ether oxygens (including phenoxy) is 1. The fourth-order valence-electron chi connectivity index (χ4n) is 3.33. The van der Waals surface area contributed by atoms with Crippen molar-refractivity contribution >= 4 is 16.7 Å². The van der Waals surface area contributed by atoms with Crippen molar-refractivity contribution in [1.29, 1.82) is 0 Å². The van der Waals surface area contributed by atoms with Gasteiger partial charge in [0.05, 0.1) is 18.8 Å². The molecule has 7 heteroatoms. The number of hydrogen-bond donors (Lipinski definition) is 0. The van der Waals surface area contributed by atoms with E-state index >= 15 is 0 Å². The summed E-state index contributed by atoms with van der Waals surface area (Å²) in [7, 11) is 1.48. The molecule has 1 saturated heterocycles. The van der Waals surface area contributed by atoms with Gasteiger partial charge in [-0.2, -0.15) is 0 Å². The molecule has 1 aromatic carbocycles. The van der Waals surface area contributed by atoms with E-state index < -0.39 is 0 Å². The number of aromatic nitrogens is 3. The van der Waals surface area contributed by atoms with E-state index in [1.807, 2.05) is 12.1 Å². The topological polar surface area (TPSA) is 54.4 Å². The molecule has 26 heavy (non-hydrogen) atoms. The van der Waals surface area contributed by atoms with E-state index in [1.165, 1.54) is 7.11 Å². The summed E-state index contributed by atoms with van der Waals surface area (Å²) >= 11 is 0. The van der Waals surface area contributed by atoms with Gasteiger partial charge in [-0.05, 0) is 23.8 Å². The molecule has 134 valence electrons. The van der Waals surface area contributed by atoms with Crippen molar-refractivity contribution in [2.45, 2.75) is 6.54 Å². The van der Waals surface area contributed by atoms with Crippen LogP contribution in [0.15, 0.2) is 43.0 Å². The van der Waals surface area contributed by atoms with Gasteiger partial charge < -0.3 is 9.64 Å². The van der Waals surface area contributed by atoms with E-state index in [0.717, 1.165) is 55.0 Å². The Morgan fingerprint density at radius 2 is 1.96 bits per heavy atom. The van der Waals surface area contributed by atoms with Gasteiger partial charge >= 0.3 is 0 Å². The molecule has 0 radical (unpaired) electrons. The summed E-state index contributed by atoms with van der Waals surface area (Å²) in [5.41, 5.74) is 1.81. The molecule has 0 saturated carbocycles. The lowest BCUT2D eigenvalue weighted by atomic mass is 10.1. The highest BCUT2D eigenvalue weighted by Gasteiger charge is 2.20. The number of benzene rings is 1. The highest BCUT2D eigenvalue weighted by Crippen LogP contribution is 2.24. The third kappa shape index (κ3) is 3.30. The summed E-state index contributed by atoms with van der Waals surface area (Å²) in [4.78, 5) is 17.5. The second-order valence-corrected chi connectivity index (χ2v) is 6.32. The lowest BCUT2D eigenvalue weighted by Gasteiger charge is -2.35. The number of methoxy groups -OCH3 is 1. The third-order valence-corrected chi connectivity index (χ3v) is 4.71. The highest BCUT2D eigenvalue weighted by molar-refractivity contribution is 5.88. The summed E-state index contributed by atoms with van der Waals surface area (Å²) in [6.45, 7) is 4.25. The highest BCUT2D eigenvalue weighted by atomic mass is 19.1. The molecule has 4 rings (SSSR count). The Balaban J connectivity index is 1.43. The van der Waals surface area contributed by atoms with Gasteiger partial charge in [0.15, 0.2) is 11.6 Å². The van der Waals surface area contributed by atoms with Crippen LogP contribution in [0.2, 0.25) is 0 Å². The molecule has 3 aromatic rings. The van der Waals surface area contributed by atoms with Crippen molar-refractivity contribution < 1.29 is 9.13 Å². The monoisotopic (exact) mass is 353 g/mol. The third-order valence-electron chi connectivity index (χ3n) is 4.71.